The molecule has 2 aromatic rings. The van der Waals surface area contributed by atoms with Crippen LogP contribution in [0.2, 0.25) is 0 Å². The number of amides is 2. The van der Waals surface area contributed by atoms with Crippen LogP contribution >= 0.6 is 27.7 Å². The van der Waals surface area contributed by atoms with E-state index in [0.29, 0.717) is 5.75 Å². The summed E-state index contributed by atoms with van der Waals surface area (Å²) >= 11 is 4.94. The first-order valence-corrected chi connectivity index (χ1v) is 9.30. The molecule has 0 fully saturated rings. The molecule has 4 nitrogen and oxygen atoms in total. The molecule has 1 aliphatic rings. The van der Waals surface area contributed by atoms with Gasteiger partial charge in [0, 0.05) is 22.1 Å². The first-order valence-electron chi connectivity index (χ1n) is 7.52. The molecule has 0 spiro atoms. The molecule has 0 saturated carbocycles. The molecule has 2 aromatic carbocycles. The standard InChI is InChI=1S/C18H17BrN2O2S/c1-12-9-13(19)7-8-14(12)20(2)17(22)10-21-15-5-3-4-6-16(15)24-11-18(21)23/h3-9H,10-11H2,1-2H3. The third-order valence-electron chi connectivity index (χ3n) is 4.00. The fourth-order valence-corrected chi connectivity index (χ4v) is 4.11. The smallest absolute Gasteiger partial charge is 0.246 e. The van der Waals surface area contributed by atoms with E-state index >= 15 is 0 Å². The SMILES string of the molecule is Cc1cc(Br)ccc1N(C)C(=O)CN1C(=O)CSc2ccccc21. The minimum atomic E-state index is -0.115. The monoisotopic (exact) mass is 404 g/mol. The van der Waals surface area contributed by atoms with Crippen LogP contribution in [0.15, 0.2) is 51.8 Å². The summed E-state index contributed by atoms with van der Waals surface area (Å²) in [5.41, 5.74) is 2.66. The number of likely N-dealkylation sites (N-methyl/N-ethyl adjacent to an activating group) is 1. The summed E-state index contributed by atoms with van der Waals surface area (Å²) in [5.74, 6) is 0.217. The average Bonchev–Trinajstić information content (AvgIpc) is 2.57. The predicted octanol–water partition coefficient (Wildman–Crippen LogP) is 3.86. The van der Waals surface area contributed by atoms with Crippen LogP contribution in [0, 0.1) is 6.92 Å². The molecule has 0 saturated heterocycles. The number of aryl methyl sites for hydroxylation is 1. The van der Waals surface area contributed by atoms with Gasteiger partial charge in [-0.15, -0.1) is 11.8 Å². The average molecular weight is 405 g/mol. The summed E-state index contributed by atoms with van der Waals surface area (Å²) in [6.07, 6.45) is 0. The molecule has 6 heteroatoms. The van der Waals surface area contributed by atoms with Gasteiger partial charge in [0.25, 0.3) is 0 Å². The lowest BCUT2D eigenvalue weighted by Crippen LogP contribution is -2.44. The highest BCUT2D eigenvalue weighted by molar-refractivity contribution is 9.10. The van der Waals surface area contributed by atoms with E-state index in [1.807, 2.05) is 49.4 Å². The highest BCUT2D eigenvalue weighted by Gasteiger charge is 2.27. The van der Waals surface area contributed by atoms with Gasteiger partial charge in [-0.05, 0) is 42.8 Å². The molecule has 124 valence electrons. The lowest BCUT2D eigenvalue weighted by Gasteiger charge is -2.30. The Morgan fingerprint density at radius 1 is 1.29 bits per heavy atom. The number of para-hydroxylation sites is 1. The second-order valence-corrected chi connectivity index (χ2v) is 7.55. The fourth-order valence-electron chi connectivity index (χ4n) is 2.70. The van der Waals surface area contributed by atoms with Gasteiger partial charge in [0.05, 0.1) is 11.4 Å². The summed E-state index contributed by atoms with van der Waals surface area (Å²) in [4.78, 5) is 29.2. The van der Waals surface area contributed by atoms with E-state index in [-0.39, 0.29) is 18.4 Å². The van der Waals surface area contributed by atoms with Crippen LogP contribution in [0.1, 0.15) is 5.56 Å². The molecule has 0 unspecified atom stereocenters. The van der Waals surface area contributed by atoms with Crippen LogP contribution < -0.4 is 9.80 Å². The topological polar surface area (TPSA) is 40.6 Å². The van der Waals surface area contributed by atoms with Crippen LogP contribution in [0.3, 0.4) is 0 Å². The molecule has 1 heterocycles. The molecule has 0 atom stereocenters. The maximum absolute atomic E-state index is 12.7. The lowest BCUT2D eigenvalue weighted by atomic mass is 10.2. The van der Waals surface area contributed by atoms with E-state index in [1.54, 1.807) is 16.8 Å². The van der Waals surface area contributed by atoms with Crippen LogP contribution in [0.4, 0.5) is 11.4 Å². The molecule has 0 aliphatic carbocycles. The van der Waals surface area contributed by atoms with E-state index < -0.39 is 0 Å². The molecule has 1 aliphatic heterocycles. The van der Waals surface area contributed by atoms with Gasteiger partial charge in [-0.25, -0.2) is 0 Å². The van der Waals surface area contributed by atoms with Crippen molar-refractivity contribution in [2.45, 2.75) is 11.8 Å². The summed E-state index contributed by atoms with van der Waals surface area (Å²) in [7, 11) is 1.74. The Labute approximate surface area is 154 Å². The van der Waals surface area contributed by atoms with Crippen LogP contribution in [0.5, 0.6) is 0 Å². The van der Waals surface area contributed by atoms with Gasteiger partial charge in [-0.1, -0.05) is 28.1 Å². The number of nitrogens with zero attached hydrogens (tertiary/aromatic N) is 2. The predicted molar refractivity (Wildman–Crippen MR) is 102 cm³/mol. The van der Waals surface area contributed by atoms with Gasteiger partial charge >= 0.3 is 0 Å². The minimum Gasteiger partial charge on any atom is -0.314 e. The first-order chi connectivity index (χ1) is 11.5. The number of halogens is 1. The highest BCUT2D eigenvalue weighted by Crippen LogP contribution is 2.35. The van der Waals surface area contributed by atoms with E-state index in [9.17, 15) is 9.59 Å². The number of hydrogen-bond donors (Lipinski definition) is 0. The molecular formula is C18H17BrN2O2S. The molecule has 3 rings (SSSR count). The number of hydrogen-bond acceptors (Lipinski definition) is 3. The van der Waals surface area contributed by atoms with Crippen molar-refractivity contribution in [3.8, 4) is 0 Å². The van der Waals surface area contributed by atoms with Crippen molar-refractivity contribution in [2.24, 2.45) is 0 Å². The van der Waals surface area contributed by atoms with Gasteiger partial charge in [0.2, 0.25) is 11.8 Å². The van der Waals surface area contributed by atoms with Crippen molar-refractivity contribution in [2.75, 3.05) is 29.1 Å². The Bertz CT molecular complexity index is 809. The second kappa shape index (κ2) is 6.99. The Morgan fingerprint density at radius 2 is 2.04 bits per heavy atom. The zero-order valence-corrected chi connectivity index (χ0v) is 15.9. The van der Waals surface area contributed by atoms with E-state index in [4.69, 9.17) is 0 Å². The Kier molecular flexibility index (Phi) is 4.96. The van der Waals surface area contributed by atoms with Crippen molar-refractivity contribution >= 4 is 50.9 Å². The van der Waals surface area contributed by atoms with E-state index in [0.717, 1.165) is 26.3 Å². The largest absolute Gasteiger partial charge is 0.314 e. The van der Waals surface area contributed by atoms with Gasteiger partial charge in [-0.3, -0.25) is 9.59 Å². The lowest BCUT2D eigenvalue weighted by molar-refractivity contribution is -0.121. The highest BCUT2D eigenvalue weighted by atomic mass is 79.9. The second-order valence-electron chi connectivity index (χ2n) is 5.62. The molecule has 0 radical (unpaired) electrons. The van der Waals surface area contributed by atoms with Gasteiger partial charge in [0.15, 0.2) is 0 Å². The molecule has 0 N–H and O–H groups in total. The zero-order valence-electron chi connectivity index (χ0n) is 13.5. The van der Waals surface area contributed by atoms with Gasteiger partial charge < -0.3 is 9.80 Å². The van der Waals surface area contributed by atoms with Crippen LogP contribution in [-0.2, 0) is 9.59 Å². The fraction of sp³-hybridized carbons (Fsp3) is 0.222. The summed E-state index contributed by atoms with van der Waals surface area (Å²) in [6.45, 7) is 2.00. The number of fused-ring (bicyclic) bond motifs is 1. The van der Waals surface area contributed by atoms with Crippen LogP contribution in [-0.4, -0.2) is 31.2 Å². The molecular weight excluding hydrogens is 388 g/mol. The summed E-state index contributed by atoms with van der Waals surface area (Å²) in [6, 6.07) is 13.5. The minimum absolute atomic E-state index is 0.0343. The molecule has 0 aromatic heterocycles. The Morgan fingerprint density at radius 3 is 2.79 bits per heavy atom. The Balaban J connectivity index is 1.83. The van der Waals surface area contributed by atoms with Crippen molar-refractivity contribution in [3.63, 3.8) is 0 Å². The van der Waals surface area contributed by atoms with Crippen molar-refractivity contribution in [3.05, 3.63) is 52.5 Å². The maximum atomic E-state index is 12.7. The number of anilines is 2. The van der Waals surface area contributed by atoms with Crippen molar-refractivity contribution < 1.29 is 9.59 Å². The van der Waals surface area contributed by atoms with Gasteiger partial charge in [0.1, 0.15) is 6.54 Å². The normalized spacial score (nSPS) is 13.6. The number of carbonyl (C=O) groups is 2. The van der Waals surface area contributed by atoms with E-state index in [2.05, 4.69) is 15.9 Å². The van der Waals surface area contributed by atoms with Crippen LogP contribution in [0.25, 0.3) is 0 Å². The van der Waals surface area contributed by atoms with E-state index in [1.165, 1.54) is 11.8 Å². The number of benzene rings is 2. The quantitative estimate of drug-likeness (QED) is 0.779. The molecule has 2 amide bonds. The Hall–Kier alpha value is -1.79. The number of thioether (sulfide) groups is 1. The molecule has 24 heavy (non-hydrogen) atoms. The first kappa shape index (κ1) is 17.0. The number of rotatable bonds is 3. The van der Waals surface area contributed by atoms with Gasteiger partial charge in [-0.2, -0.15) is 0 Å². The maximum Gasteiger partial charge on any atom is 0.246 e. The molecule has 0 bridgehead atoms. The third-order valence-corrected chi connectivity index (χ3v) is 5.54. The summed E-state index contributed by atoms with van der Waals surface area (Å²) < 4.78 is 0.974. The van der Waals surface area contributed by atoms with Crippen molar-refractivity contribution in [1.29, 1.82) is 0 Å². The zero-order chi connectivity index (χ0) is 17.3. The summed E-state index contributed by atoms with van der Waals surface area (Å²) in [5, 5.41) is 0. The number of carbonyl (C=O) groups excluding carboxylic acids is 2. The van der Waals surface area contributed by atoms with Crippen molar-refractivity contribution in [1.82, 2.24) is 0 Å². The third kappa shape index (κ3) is 3.35.